The van der Waals surface area contributed by atoms with Gasteiger partial charge in [-0.3, -0.25) is 0 Å². The summed E-state index contributed by atoms with van der Waals surface area (Å²) < 4.78 is 13.7. The molecule has 0 spiro atoms. The monoisotopic (exact) mass is 272 g/mol. The summed E-state index contributed by atoms with van der Waals surface area (Å²) in [4.78, 5) is 10.1. The van der Waals surface area contributed by atoms with Crippen molar-refractivity contribution in [2.75, 3.05) is 18.0 Å². The van der Waals surface area contributed by atoms with E-state index in [1.165, 1.54) is 12.4 Å². The fourth-order valence-corrected chi connectivity index (χ4v) is 2.54. The Morgan fingerprint density at radius 3 is 2.85 bits per heavy atom. The molecule has 2 aromatic rings. The van der Waals surface area contributed by atoms with Gasteiger partial charge in [0.05, 0.1) is 5.69 Å². The maximum absolute atomic E-state index is 13.7. The Labute approximate surface area is 117 Å². The van der Waals surface area contributed by atoms with Crippen molar-refractivity contribution in [2.24, 2.45) is 0 Å². The van der Waals surface area contributed by atoms with Gasteiger partial charge in [-0.25, -0.2) is 14.4 Å². The molecule has 1 aliphatic rings. The van der Waals surface area contributed by atoms with Crippen molar-refractivity contribution in [3.05, 3.63) is 54.4 Å². The van der Waals surface area contributed by atoms with E-state index in [0.717, 1.165) is 31.6 Å². The molecular formula is C15H17FN4. The summed E-state index contributed by atoms with van der Waals surface area (Å²) >= 11 is 0. The second kappa shape index (κ2) is 5.96. The normalized spacial score (nSPS) is 18.4. The van der Waals surface area contributed by atoms with Crippen molar-refractivity contribution in [1.82, 2.24) is 15.3 Å². The topological polar surface area (TPSA) is 41.0 Å². The minimum Gasteiger partial charge on any atom is -0.368 e. The Morgan fingerprint density at radius 1 is 1.25 bits per heavy atom. The molecule has 1 N–H and O–H groups in total. The molecule has 104 valence electrons. The SMILES string of the molecule is Fc1ccccc1N1CCC(NCc2cncnc2)C1. The van der Waals surface area contributed by atoms with E-state index >= 15 is 0 Å². The summed E-state index contributed by atoms with van der Waals surface area (Å²) in [7, 11) is 0. The number of halogens is 1. The van der Waals surface area contributed by atoms with Crippen LogP contribution in [0, 0.1) is 5.82 Å². The third kappa shape index (κ3) is 2.93. The highest BCUT2D eigenvalue weighted by Crippen LogP contribution is 2.23. The predicted molar refractivity (Wildman–Crippen MR) is 75.9 cm³/mol. The minimum atomic E-state index is -0.149. The second-order valence-electron chi connectivity index (χ2n) is 5.01. The molecule has 0 aliphatic carbocycles. The number of aromatic nitrogens is 2. The van der Waals surface area contributed by atoms with Gasteiger partial charge in [0.25, 0.3) is 0 Å². The zero-order valence-electron chi connectivity index (χ0n) is 11.2. The fraction of sp³-hybridized carbons (Fsp3) is 0.333. The molecule has 1 saturated heterocycles. The van der Waals surface area contributed by atoms with E-state index in [9.17, 15) is 4.39 Å². The number of anilines is 1. The number of benzene rings is 1. The second-order valence-corrected chi connectivity index (χ2v) is 5.01. The summed E-state index contributed by atoms with van der Waals surface area (Å²) in [6, 6.07) is 7.32. The van der Waals surface area contributed by atoms with E-state index in [0.29, 0.717) is 11.7 Å². The van der Waals surface area contributed by atoms with E-state index in [1.807, 2.05) is 24.5 Å². The first kappa shape index (κ1) is 13.0. The van der Waals surface area contributed by atoms with Crippen molar-refractivity contribution in [2.45, 2.75) is 19.0 Å². The van der Waals surface area contributed by atoms with Crippen molar-refractivity contribution >= 4 is 5.69 Å². The average molecular weight is 272 g/mol. The third-order valence-corrected chi connectivity index (χ3v) is 3.59. The molecule has 3 rings (SSSR count). The van der Waals surface area contributed by atoms with Gasteiger partial charge < -0.3 is 10.2 Å². The van der Waals surface area contributed by atoms with Crippen LogP contribution in [0.2, 0.25) is 0 Å². The van der Waals surface area contributed by atoms with Crippen molar-refractivity contribution in [3.63, 3.8) is 0 Å². The third-order valence-electron chi connectivity index (χ3n) is 3.59. The lowest BCUT2D eigenvalue weighted by Gasteiger charge is -2.19. The first-order chi connectivity index (χ1) is 9.83. The first-order valence-electron chi connectivity index (χ1n) is 6.79. The number of rotatable bonds is 4. The van der Waals surface area contributed by atoms with Crippen molar-refractivity contribution in [1.29, 1.82) is 0 Å². The summed E-state index contributed by atoms with van der Waals surface area (Å²) in [6.07, 6.45) is 6.16. The van der Waals surface area contributed by atoms with Crippen LogP contribution < -0.4 is 10.2 Å². The lowest BCUT2D eigenvalue weighted by molar-refractivity contribution is 0.549. The maximum atomic E-state index is 13.7. The molecule has 0 bridgehead atoms. The molecule has 4 nitrogen and oxygen atoms in total. The molecule has 1 atom stereocenters. The fourth-order valence-electron chi connectivity index (χ4n) is 2.54. The lowest BCUT2D eigenvalue weighted by atomic mass is 10.2. The number of nitrogens with zero attached hydrogens (tertiary/aromatic N) is 3. The van der Waals surface area contributed by atoms with Gasteiger partial charge in [-0.05, 0) is 18.6 Å². The molecule has 1 aliphatic heterocycles. The van der Waals surface area contributed by atoms with E-state index in [4.69, 9.17) is 0 Å². The quantitative estimate of drug-likeness (QED) is 0.924. The van der Waals surface area contributed by atoms with Crippen LogP contribution >= 0.6 is 0 Å². The van der Waals surface area contributed by atoms with Gasteiger partial charge >= 0.3 is 0 Å². The molecule has 1 aromatic heterocycles. The van der Waals surface area contributed by atoms with Crippen LogP contribution in [0.5, 0.6) is 0 Å². The molecule has 0 saturated carbocycles. The Bertz CT molecular complexity index is 561. The Kier molecular flexibility index (Phi) is 3.87. The van der Waals surface area contributed by atoms with Crippen LogP contribution in [-0.4, -0.2) is 29.1 Å². The average Bonchev–Trinajstić information content (AvgIpc) is 2.95. The molecule has 1 fully saturated rings. The molecule has 2 heterocycles. The van der Waals surface area contributed by atoms with Gasteiger partial charge in [0.2, 0.25) is 0 Å². The van der Waals surface area contributed by atoms with Crippen LogP contribution in [-0.2, 0) is 6.54 Å². The van der Waals surface area contributed by atoms with Gasteiger partial charge in [-0.2, -0.15) is 0 Å². The van der Waals surface area contributed by atoms with Gasteiger partial charge in [0.15, 0.2) is 0 Å². The van der Waals surface area contributed by atoms with Crippen molar-refractivity contribution in [3.8, 4) is 0 Å². The molecule has 20 heavy (non-hydrogen) atoms. The van der Waals surface area contributed by atoms with Gasteiger partial charge in [-0.15, -0.1) is 0 Å². The number of para-hydroxylation sites is 1. The number of nitrogens with one attached hydrogen (secondary N) is 1. The van der Waals surface area contributed by atoms with Crippen LogP contribution in [0.15, 0.2) is 43.0 Å². The summed E-state index contributed by atoms with van der Waals surface area (Å²) in [5, 5.41) is 3.47. The number of hydrogen-bond acceptors (Lipinski definition) is 4. The van der Waals surface area contributed by atoms with Gasteiger partial charge in [0, 0.05) is 43.6 Å². The Hall–Kier alpha value is -2.01. The highest BCUT2D eigenvalue weighted by atomic mass is 19.1. The Balaban J connectivity index is 1.56. The van der Waals surface area contributed by atoms with Crippen LogP contribution in [0.25, 0.3) is 0 Å². The zero-order chi connectivity index (χ0) is 13.8. The van der Waals surface area contributed by atoms with Crippen LogP contribution in [0.1, 0.15) is 12.0 Å². The largest absolute Gasteiger partial charge is 0.368 e. The zero-order valence-corrected chi connectivity index (χ0v) is 11.2. The molecule has 0 amide bonds. The highest BCUT2D eigenvalue weighted by Gasteiger charge is 2.23. The molecule has 0 radical (unpaired) electrons. The first-order valence-corrected chi connectivity index (χ1v) is 6.79. The van der Waals surface area contributed by atoms with E-state index in [1.54, 1.807) is 6.07 Å². The van der Waals surface area contributed by atoms with E-state index in [-0.39, 0.29) is 5.82 Å². The standard InChI is InChI=1S/C15H17FN4/c16-14-3-1-2-4-15(14)20-6-5-13(10-20)19-9-12-7-17-11-18-8-12/h1-4,7-8,11,13,19H,5-6,9-10H2. The van der Waals surface area contributed by atoms with E-state index < -0.39 is 0 Å². The minimum absolute atomic E-state index is 0.149. The van der Waals surface area contributed by atoms with Gasteiger partial charge in [-0.1, -0.05) is 12.1 Å². The summed E-state index contributed by atoms with van der Waals surface area (Å²) in [5.74, 6) is -0.149. The molecule has 5 heteroatoms. The van der Waals surface area contributed by atoms with Crippen molar-refractivity contribution < 1.29 is 4.39 Å². The van der Waals surface area contributed by atoms with Crippen LogP contribution in [0.4, 0.5) is 10.1 Å². The molecular weight excluding hydrogens is 255 g/mol. The smallest absolute Gasteiger partial charge is 0.146 e. The lowest BCUT2D eigenvalue weighted by Crippen LogP contribution is -2.32. The summed E-state index contributed by atoms with van der Waals surface area (Å²) in [5.41, 5.74) is 1.76. The highest BCUT2D eigenvalue weighted by molar-refractivity contribution is 5.48. The number of hydrogen-bond donors (Lipinski definition) is 1. The van der Waals surface area contributed by atoms with Crippen LogP contribution in [0.3, 0.4) is 0 Å². The van der Waals surface area contributed by atoms with E-state index in [2.05, 4.69) is 20.2 Å². The molecule has 1 aromatic carbocycles. The predicted octanol–water partition coefficient (Wildman–Crippen LogP) is 1.98. The Morgan fingerprint density at radius 2 is 2.05 bits per heavy atom. The maximum Gasteiger partial charge on any atom is 0.146 e. The molecule has 1 unspecified atom stereocenters. The summed E-state index contributed by atoms with van der Waals surface area (Å²) in [6.45, 7) is 2.45. The van der Waals surface area contributed by atoms with Gasteiger partial charge in [0.1, 0.15) is 12.1 Å².